The van der Waals surface area contributed by atoms with Gasteiger partial charge in [0.1, 0.15) is 11.4 Å². The van der Waals surface area contributed by atoms with Crippen LogP contribution in [0.4, 0.5) is 17.1 Å². The number of methoxy groups -OCH3 is 1. The number of anilines is 2. The van der Waals surface area contributed by atoms with Gasteiger partial charge in [-0.15, -0.1) is 0 Å². The number of hydrogen-bond acceptors (Lipinski definition) is 5. The number of amides is 1. The first-order valence-corrected chi connectivity index (χ1v) is 8.37. The van der Waals surface area contributed by atoms with E-state index in [1.54, 1.807) is 41.3 Å². The van der Waals surface area contributed by atoms with E-state index in [0.29, 0.717) is 28.1 Å². The molecule has 0 atom stereocenters. The van der Waals surface area contributed by atoms with Crippen LogP contribution in [0.1, 0.15) is 6.92 Å². The molecule has 0 aromatic heterocycles. The van der Waals surface area contributed by atoms with Crippen molar-refractivity contribution in [2.75, 3.05) is 30.4 Å². The molecule has 0 saturated carbocycles. The van der Waals surface area contributed by atoms with Gasteiger partial charge < -0.3 is 15.0 Å². The maximum atomic E-state index is 12.4. The summed E-state index contributed by atoms with van der Waals surface area (Å²) in [4.78, 5) is 24.9. The van der Waals surface area contributed by atoms with E-state index in [2.05, 4.69) is 21.2 Å². The van der Waals surface area contributed by atoms with Crippen LogP contribution in [0.3, 0.4) is 0 Å². The summed E-state index contributed by atoms with van der Waals surface area (Å²) < 4.78 is 5.81. The molecule has 8 heteroatoms. The summed E-state index contributed by atoms with van der Waals surface area (Å²) in [6.07, 6.45) is 0. The van der Waals surface area contributed by atoms with E-state index in [-0.39, 0.29) is 18.1 Å². The lowest BCUT2D eigenvalue weighted by Crippen LogP contribution is -2.33. The maximum absolute atomic E-state index is 12.4. The van der Waals surface area contributed by atoms with Gasteiger partial charge in [-0.25, -0.2) is 0 Å². The fourth-order valence-electron chi connectivity index (χ4n) is 2.39. The Balaban J connectivity index is 2.20. The zero-order valence-corrected chi connectivity index (χ0v) is 15.4. The predicted octanol–water partition coefficient (Wildman–Crippen LogP) is 3.83. The number of carbonyl (C=O) groups is 1. The van der Waals surface area contributed by atoms with Crippen molar-refractivity contribution in [3.05, 3.63) is 57.1 Å². The molecular formula is C17H18BrN3O4. The molecule has 0 unspecified atom stereocenters. The van der Waals surface area contributed by atoms with E-state index in [4.69, 9.17) is 4.74 Å². The van der Waals surface area contributed by atoms with Crippen molar-refractivity contribution in [3.8, 4) is 5.75 Å². The molecule has 0 spiro atoms. The molecule has 0 aliphatic carbocycles. The van der Waals surface area contributed by atoms with Gasteiger partial charge in [-0.1, -0.05) is 28.1 Å². The first kappa shape index (κ1) is 18.7. The summed E-state index contributed by atoms with van der Waals surface area (Å²) in [5.41, 5.74) is 0.892. The highest BCUT2D eigenvalue weighted by Crippen LogP contribution is 2.31. The minimum Gasteiger partial charge on any atom is -0.495 e. The van der Waals surface area contributed by atoms with Crippen LogP contribution in [0.5, 0.6) is 5.75 Å². The highest BCUT2D eigenvalue weighted by Gasteiger charge is 2.21. The lowest BCUT2D eigenvalue weighted by atomic mass is 10.2. The summed E-state index contributed by atoms with van der Waals surface area (Å²) in [5, 5.41) is 14.1. The molecule has 0 aliphatic heterocycles. The molecule has 0 fully saturated rings. The maximum Gasteiger partial charge on any atom is 0.293 e. The summed E-state index contributed by atoms with van der Waals surface area (Å²) in [6.45, 7) is 2.26. The molecule has 0 heterocycles. The van der Waals surface area contributed by atoms with Gasteiger partial charge in [-0.2, -0.15) is 0 Å². The molecule has 1 N–H and O–H groups in total. The van der Waals surface area contributed by atoms with Crippen LogP contribution < -0.4 is 15.0 Å². The molecule has 7 nitrogen and oxygen atoms in total. The van der Waals surface area contributed by atoms with E-state index < -0.39 is 4.92 Å². The molecule has 0 saturated heterocycles. The number of likely N-dealkylation sites (N-methyl/N-ethyl adjacent to an activating group) is 1. The highest BCUT2D eigenvalue weighted by molar-refractivity contribution is 9.10. The van der Waals surface area contributed by atoms with Crippen molar-refractivity contribution in [2.24, 2.45) is 0 Å². The Bertz CT molecular complexity index is 782. The SMILES string of the molecule is CCN(CC(=O)Nc1ccccc1OC)c1ccc(Br)cc1[N+](=O)[O-]. The van der Waals surface area contributed by atoms with Crippen molar-refractivity contribution in [3.63, 3.8) is 0 Å². The normalized spacial score (nSPS) is 10.2. The largest absolute Gasteiger partial charge is 0.495 e. The van der Waals surface area contributed by atoms with Crippen LogP contribution in [-0.4, -0.2) is 31.0 Å². The van der Waals surface area contributed by atoms with Gasteiger partial charge in [-0.3, -0.25) is 14.9 Å². The topological polar surface area (TPSA) is 84.7 Å². The third-order valence-electron chi connectivity index (χ3n) is 3.57. The molecule has 25 heavy (non-hydrogen) atoms. The molecule has 0 bridgehead atoms. The smallest absolute Gasteiger partial charge is 0.293 e. The Kier molecular flexibility index (Phi) is 6.35. The van der Waals surface area contributed by atoms with Crippen molar-refractivity contribution < 1.29 is 14.5 Å². The number of hydrogen-bond donors (Lipinski definition) is 1. The van der Waals surface area contributed by atoms with Gasteiger partial charge in [0.25, 0.3) is 5.69 Å². The number of para-hydroxylation sites is 2. The lowest BCUT2D eigenvalue weighted by molar-refractivity contribution is -0.384. The average Bonchev–Trinajstić information content (AvgIpc) is 2.60. The molecule has 0 aliphatic rings. The number of ether oxygens (including phenoxy) is 1. The second-order valence-corrected chi connectivity index (χ2v) is 6.07. The quantitative estimate of drug-likeness (QED) is 0.556. The molecule has 2 rings (SSSR count). The molecule has 2 aromatic rings. The van der Waals surface area contributed by atoms with Crippen LogP contribution in [0.25, 0.3) is 0 Å². The average molecular weight is 408 g/mol. The monoisotopic (exact) mass is 407 g/mol. The number of rotatable bonds is 7. The molecule has 0 radical (unpaired) electrons. The standard InChI is InChI=1S/C17H18BrN3O4/c1-3-20(14-9-8-12(18)10-15(14)21(23)24)11-17(22)19-13-6-4-5-7-16(13)25-2/h4-10H,3,11H2,1-2H3,(H,19,22). The number of carbonyl (C=O) groups excluding carboxylic acids is 1. The Morgan fingerprint density at radius 2 is 2.04 bits per heavy atom. The Hall–Kier alpha value is -2.61. The van der Waals surface area contributed by atoms with Crippen LogP contribution in [0.2, 0.25) is 0 Å². The molecule has 2 aromatic carbocycles. The van der Waals surface area contributed by atoms with E-state index in [9.17, 15) is 14.9 Å². The fraction of sp³-hybridized carbons (Fsp3) is 0.235. The summed E-state index contributed by atoms with van der Waals surface area (Å²) in [7, 11) is 1.52. The van der Waals surface area contributed by atoms with E-state index in [1.807, 2.05) is 6.92 Å². The minimum absolute atomic E-state index is 0.0168. The summed E-state index contributed by atoms with van der Waals surface area (Å²) in [6, 6.07) is 11.8. The van der Waals surface area contributed by atoms with Gasteiger partial charge in [0.05, 0.1) is 24.3 Å². The van der Waals surface area contributed by atoms with Crippen molar-refractivity contribution in [1.29, 1.82) is 0 Å². The summed E-state index contributed by atoms with van der Waals surface area (Å²) in [5.74, 6) is 0.261. The first-order valence-electron chi connectivity index (χ1n) is 7.58. The zero-order chi connectivity index (χ0) is 18.4. The minimum atomic E-state index is -0.457. The van der Waals surface area contributed by atoms with Gasteiger partial charge >= 0.3 is 0 Å². The summed E-state index contributed by atoms with van der Waals surface area (Å²) >= 11 is 3.23. The number of nitrogens with one attached hydrogen (secondary N) is 1. The molecule has 1 amide bonds. The van der Waals surface area contributed by atoms with E-state index in [0.717, 1.165) is 0 Å². The lowest BCUT2D eigenvalue weighted by Gasteiger charge is -2.22. The van der Waals surface area contributed by atoms with Gasteiger partial charge in [-0.05, 0) is 31.2 Å². The third-order valence-corrected chi connectivity index (χ3v) is 4.07. The number of nitrogens with zero attached hydrogens (tertiary/aromatic N) is 2. The fourth-order valence-corrected chi connectivity index (χ4v) is 2.74. The molecular weight excluding hydrogens is 390 g/mol. The van der Waals surface area contributed by atoms with Crippen LogP contribution in [0, 0.1) is 10.1 Å². The van der Waals surface area contributed by atoms with Crippen LogP contribution in [-0.2, 0) is 4.79 Å². The first-order chi connectivity index (χ1) is 12.0. The third kappa shape index (κ3) is 4.69. The number of nitro groups is 1. The van der Waals surface area contributed by atoms with Crippen molar-refractivity contribution >= 4 is 38.9 Å². The Labute approximate surface area is 153 Å². The number of benzene rings is 2. The zero-order valence-electron chi connectivity index (χ0n) is 13.9. The van der Waals surface area contributed by atoms with Gasteiger partial charge in [0.2, 0.25) is 5.91 Å². The second-order valence-electron chi connectivity index (χ2n) is 5.15. The van der Waals surface area contributed by atoms with Crippen LogP contribution in [0.15, 0.2) is 46.9 Å². The Morgan fingerprint density at radius 1 is 1.32 bits per heavy atom. The second kappa shape index (κ2) is 8.48. The molecule has 132 valence electrons. The van der Waals surface area contributed by atoms with E-state index in [1.165, 1.54) is 13.2 Å². The highest BCUT2D eigenvalue weighted by atomic mass is 79.9. The Morgan fingerprint density at radius 3 is 2.68 bits per heavy atom. The van der Waals surface area contributed by atoms with Gasteiger partial charge in [0, 0.05) is 17.1 Å². The van der Waals surface area contributed by atoms with Crippen LogP contribution >= 0.6 is 15.9 Å². The number of nitro benzene ring substituents is 1. The van der Waals surface area contributed by atoms with Gasteiger partial charge in [0.15, 0.2) is 0 Å². The predicted molar refractivity (Wildman–Crippen MR) is 100 cm³/mol. The van der Waals surface area contributed by atoms with E-state index >= 15 is 0 Å². The van der Waals surface area contributed by atoms with Crippen molar-refractivity contribution in [2.45, 2.75) is 6.92 Å². The van der Waals surface area contributed by atoms with Crippen molar-refractivity contribution in [1.82, 2.24) is 0 Å². The number of halogens is 1.